The van der Waals surface area contributed by atoms with Crippen molar-refractivity contribution < 1.29 is 22.4 Å². The van der Waals surface area contributed by atoms with E-state index in [1.165, 1.54) is 0 Å². The van der Waals surface area contributed by atoms with Crippen molar-refractivity contribution in [1.82, 2.24) is 5.32 Å². The highest BCUT2D eigenvalue weighted by molar-refractivity contribution is 7.92. The van der Waals surface area contributed by atoms with Gasteiger partial charge in [-0.2, -0.15) is 0 Å². The number of nitrogens with one attached hydrogen (secondary N) is 1. The maximum absolute atomic E-state index is 12.6. The molecule has 0 bridgehead atoms. The number of amides is 3. The Morgan fingerprint density at radius 2 is 1.76 bits per heavy atom. The molecule has 1 aromatic carbocycles. The Hall–Kier alpha value is -1.96. The largest absolute Gasteiger partial charge is 0.351 e. The molecule has 6 nitrogen and oxygen atoms in total. The molecule has 0 heterocycles. The highest BCUT2D eigenvalue weighted by Gasteiger charge is 2.19. The molecule has 0 saturated heterocycles. The van der Waals surface area contributed by atoms with Gasteiger partial charge < -0.3 is 5.73 Å². The normalized spacial score (nSPS) is 10.9. The molecule has 1 aromatic rings. The number of sulfone groups is 1. The van der Waals surface area contributed by atoms with E-state index in [0.29, 0.717) is 0 Å². The van der Waals surface area contributed by atoms with Crippen molar-refractivity contribution in [2.24, 2.45) is 5.73 Å². The summed E-state index contributed by atoms with van der Waals surface area (Å²) in [7, 11) is -3.91. The topological polar surface area (TPSA) is 106 Å². The molecule has 0 aliphatic carbocycles. The van der Waals surface area contributed by atoms with Gasteiger partial charge in [0.05, 0.1) is 4.90 Å². The fourth-order valence-electron chi connectivity index (χ4n) is 1.07. The zero-order chi connectivity index (χ0) is 13.1. The Labute approximate surface area is 96.5 Å². The summed E-state index contributed by atoms with van der Waals surface area (Å²) in [5.41, 5.74) is 4.66. The number of urea groups is 1. The molecule has 0 aromatic heterocycles. The van der Waals surface area contributed by atoms with Gasteiger partial charge in [0.15, 0.2) is 9.84 Å². The summed E-state index contributed by atoms with van der Waals surface area (Å²) in [6, 6.07) is 2.84. The summed E-state index contributed by atoms with van der Waals surface area (Å²) < 4.78 is 35.8. The summed E-state index contributed by atoms with van der Waals surface area (Å²) in [4.78, 5) is 21.2. The number of rotatable bonds is 3. The van der Waals surface area contributed by atoms with E-state index < -0.39 is 33.3 Å². The summed E-state index contributed by atoms with van der Waals surface area (Å²) in [5.74, 6) is -2.56. The Balaban J connectivity index is 2.86. The minimum atomic E-state index is -3.91. The van der Waals surface area contributed by atoms with Crippen LogP contribution < -0.4 is 11.1 Å². The SMILES string of the molecule is NC(=O)NC(=O)CS(=O)(=O)c1ccc(F)cc1. The van der Waals surface area contributed by atoms with Crippen LogP contribution in [0.25, 0.3) is 0 Å². The number of nitrogens with two attached hydrogens (primary N) is 1. The molecule has 3 N–H and O–H groups in total. The first kappa shape index (κ1) is 13.1. The van der Waals surface area contributed by atoms with Gasteiger partial charge in [-0.05, 0) is 24.3 Å². The molecule has 0 aliphatic heterocycles. The molecular formula is C9H9FN2O4S. The van der Waals surface area contributed by atoms with Crippen LogP contribution in [0.3, 0.4) is 0 Å². The Morgan fingerprint density at radius 3 is 2.24 bits per heavy atom. The van der Waals surface area contributed by atoms with E-state index in [4.69, 9.17) is 0 Å². The minimum absolute atomic E-state index is 0.210. The Morgan fingerprint density at radius 1 is 1.24 bits per heavy atom. The number of hydrogen-bond donors (Lipinski definition) is 2. The summed E-state index contributed by atoms with van der Waals surface area (Å²) in [6.45, 7) is 0. The van der Waals surface area contributed by atoms with Crippen molar-refractivity contribution in [3.8, 4) is 0 Å². The lowest BCUT2D eigenvalue weighted by Gasteiger charge is -2.03. The standard InChI is InChI=1S/C9H9FN2O4S/c10-6-1-3-7(4-2-6)17(15,16)5-8(13)12-9(11)14/h1-4H,5H2,(H3,11,12,13,14). The van der Waals surface area contributed by atoms with E-state index >= 15 is 0 Å². The molecule has 0 fully saturated rings. The second-order valence-corrected chi connectivity index (χ2v) is 5.12. The van der Waals surface area contributed by atoms with Crippen LogP contribution in [0.15, 0.2) is 29.2 Å². The second-order valence-electron chi connectivity index (χ2n) is 3.13. The lowest BCUT2D eigenvalue weighted by molar-refractivity contribution is -0.117. The van der Waals surface area contributed by atoms with Gasteiger partial charge >= 0.3 is 6.03 Å². The van der Waals surface area contributed by atoms with Gasteiger partial charge in [0.1, 0.15) is 11.6 Å². The van der Waals surface area contributed by atoms with E-state index in [0.717, 1.165) is 24.3 Å². The molecule has 0 saturated carbocycles. The highest BCUT2D eigenvalue weighted by Crippen LogP contribution is 2.11. The molecule has 0 radical (unpaired) electrons. The monoisotopic (exact) mass is 260 g/mol. The number of hydrogen-bond acceptors (Lipinski definition) is 4. The second kappa shape index (κ2) is 4.91. The zero-order valence-corrected chi connectivity index (χ0v) is 9.33. The number of carbonyl (C=O) groups is 2. The summed E-state index contributed by atoms with van der Waals surface area (Å²) >= 11 is 0. The van der Waals surface area contributed by atoms with Crippen LogP contribution in [0.1, 0.15) is 0 Å². The zero-order valence-electron chi connectivity index (χ0n) is 8.51. The van der Waals surface area contributed by atoms with Crippen LogP contribution >= 0.6 is 0 Å². The molecule has 8 heteroatoms. The van der Waals surface area contributed by atoms with E-state index in [2.05, 4.69) is 5.73 Å². The van der Waals surface area contributed by atoms with Crippen molar-refractivity contribution >= 4 is 21.8 Å². The molecular weight excluding hydrogens is 251 g/mol. The first-order valence-electron chi connectivity index (χ1n) is 4.39. The van der Waals surface area contributed by atoms with Crippen molar-refractivity contribution in [2.75, 3.05) is 5.75 Å². The van der Waals surface area contributed by atoms with Gasteiger partial charge in [0.25, 0.3) is 0 Å². The number of primary amides is 1. The van der Waals surface area contributed by atoms with E-state index in [1.807, 2.05) is 0 Å². The average Bonchev–Trinajstić information content (AvgIpc) is 2.15. The van der Waals surface area contributed by atoms with Crippen molar-refractivity contribution in [2.45, 2.75) is 4.90 Å². The molecule has 0 aliphatic rings. The van der Waals surface area contributed by atoms with Crippen LogP contribution in [0.4, 0.5) is 9.18 Å². The smallest absolute Gasteiger partial charge is 0.318 e. The van der Waals surface area contributed by atoms with Crippen molar-refractivity contribution in [3.63, 3.8) is 0 Å². The van der Waals surface area contributed by atoms with Crippen molar-refractivity contribution in [3.05, 3.63) is 30.1 Å². The van der Waals surface area contributed by atoms with Crippen LogP contribution in [0.2, 0.25) is 0 Å². The first-order chi connectivity index (χ1) is 7.81. The van der Waals surface area contributed by atoms with E-state index in [9.17, 15) is 22.4 Å². The van der Waals surface area contributed by atoms with Gasteiger partial charge in [-0.3, -0.25) is 10.1 Å². The molecule has 0 unspecified atom stereocenters. The molecule has 1 rings (SSSR count). The van der Waals surface area contributed by atoms with Crippen molar-refractivity contribution in [1.29, 1.82) is 0 Å². The van der Waals surface area contributed by atoms with Crippen LogP contribution in [-0.2, 0) is 14.6 Å². The first-order valence-corrected chi connectivity index (χ1v) is 6.04. The average molecular weight is 260 g/mol. The fourth-order valence-corrected chi connectivity index (χ4v) is 2.21. The Bertz CT molecular complexity index is 539. The number of imide groups is 1. The van der Waals surface area contributed by atoms with E-state index in [-0.39, 0.29) is 4.90 Å². The van der Waals surface area contributed by atoms with E-state index in [1.54, 1.807) is 5.32 Å². The number of halogens is 1. The van der Waals surface area contributed by atoms with Gasteiger partial charge in [-0.1, -0.05) is 0 Å². The lowest BCUT2D eigenvalue weighted by Crippen LogP contribution is -2.38. The van der Waals surface area contributed by atoms with Crippen LogP contribution in [0.5, 0.6) is 0 Å². The fraction of sp³-hybridized carbons (Fsp3) is 0.111. The molecule has 3 amide bonds. The third kappa shape index (κ3) is 3.83. The highest BCUT2D eigenvalue weighted by atomic mass is 32.2. The number of benzene rings is 1. The molecule has 17 heavy (non-hydrogen) atoms. The third-order valence-electron chi connectivity index (χ3n) is 1.76. The third-order valence-corrected chi connectivity index (χ3v) is 3.39. The van der Waals surface area contributed by atoms with Crippen LogP contribution in [-0.4, -0.2) is 26.1 Å². The quantitative estimate of drug-likeness (QED) is 0.733. The predicted octanol–water partition coefficient (Wildman–Crippen LogP) is -0.206. The maximum Gasteiger partial charge on any atom is 0.318 e. The lowest BCUT2D eigenvalue weighted by atomic mass is 10.4. The number of carbonyl (C=O) groups excluding carboxylic acids is 2. The predicted molar refractivity (Wildman–Crippen MR) is 56.2 cm³/mol. The Kier molecular flexibility index (Phi) is 3.79. The summed E-state index contributed by atoms with van der Waals surface area (Å²) in [5, 5.41) is 1.63. The van der Waals surface area contributed by atoms with Gasteiger partial charge in [0.2, 0.25) is 5.91 Å². The van der Waals surface area contributed by atoms with Gasteiger partial charge in [-0.25, -0.2) is 17.6 Å². The molecule has 0 atom stereocenters. The molecule has 0 spiro atoms. The maximum atomic E-state index is 12.6. The van der Waals surface area contributed by atoms with Gasteiger partial charge in [0, 0.05) is 0 Å². The minimum Gasteiger partial charge on any atom is -0.351 e. The van der Waals surface area contributed by atoms with Crippen LogP contribution in [0, 0.1) is 5.82 Å². The van der Waals surface area contributed by atoms with Gasteiger partial charge in [-0.15, -0.1) is 0 Å². The summed E-state index contributed by atoms with van der Waals surface area (Å²) in [6.07, 6.45) is 0. The molecule has 92 valence electrons.